The first kappa shape index (κ1) is 19.0. The smallest absolute Gasteiger partial charge is 0.416 e. The molecule has 1 N–H and O–H groups in total. The zero-order valence-electron chi connectivity index (χ0n) is 12.8. The van der Waals surface area contributed by atoms with Gasteiger partial charge in [0.25, 0.3) is 5.91 Å². The molecule has 1 amide bonds. The van der Waals surface area contributed by atoms with Crippen molar-refractivity contribution in [2.75, 3.05) is 6.54 Å². The maximum Gasteiger partial charge on any atom is 0.416 e. The molecule has 0 aliphatic heterocycles. The fourth-order valence-electron chi connectivity index (χ4n) is 1.86. The Morgan fingerprint density at radius 2 is 1.60 bits per heavy atom. The molecule has 0 bridgehead atoms. The minimum atomic E-state index is -4.47. The van der Waals surface area contributed by atoms with Gasteiger partial charge in [0.1, 0.15) is 13.2 Å². The van der Waals surface area contributed by atoms with Gasteiger partial charge in [0.15, 0.2) is 0 Å². The van der Waals surface area contributed by atoms with Gasteiger partial charge in [-0.2, -0.15) is 13.2 Å². The number of benzene rings is 2. The Bertz CT molecular complexity index is 743. The third-order valence-corrected chi connectivity index (χ3v) is 3.71. The van der Waals surface area contributed by atoms with Crippen molar-refractivity contribution in [3.63, 3.8) is 0 Å². The third-order valence-electron chi connectivity index (χ3n) is 3.18. The van der Waals surface area contributed by atoms with Crippen molar-refractivity contribution < 1.29 is 27.5 Å². The fraction of sp³-hybridized carbons (Fsp3) is 0.176. The number of carbonyl (C=O) groups is 2. The van der Waals surface area contributed by atoms with E-state index in [1.165, 1.54) is 0 Å². The van der Waals surface area contributed by atoms with E-state index in [4.69, 9.17) is 4.74 Å². The third kappa shape index (κ3) is 5.90. The van der Waals surface area contributed by atoms with Crippen LogP contribution in [0.4, 0.5) is 13.2 Å². The predicted molar refractivity (Wildman–Crippen MR) is 87.7 cm³/mol. The lowest BCUT2D eigenvalue weighted by Crippen LogP contribution is -2.30. The minimum Gasteiger partial charge on any atom is -0.460 e. The number of amides is 1. The van der Waals surface area contributed by atoms with E-state index in [1.54, 1.807) is 24.3 Å². The van der Waals surface area contributed by atoms with E-state index >= 15 is 0 Å². The van der Waals surface area contributed by atoms with Gasteiger partial charge in [0, 0.05) is 10.0 Å². The largest absolute Gasteiger partial charge is 0.460 e. The van der Waals surface area contributed by atoms with Crippen LogP contribution in [0.3, 0.4) is 0 Å². The molecule has 0 saturated carbocycles. The SMILES string of the molecule is O=C(CNC(=O)c1ccc(C(F)(F)F)cc1)OCc1ccc(Br)cc1. The summed E-state index contributed by atoms with van der Waals surface area (Å²) in [6.07, 6.45) is -4.47. The molecule has 0 unspecified atom stereocenters. The zero-order chi connectivity index (χ0) is 18.4. The summed E-state index contributed by atoms with van der Waals surface area (Å²) in [6, 6.07) is 10.9. The fourth-order valence-corrected chi connectivity index (χ4v) is 2.12. The Balaban J connectivity index is 1.80. The van der Waals surface area contributed by atoms with Crippen LogP contribution < -0.4 is 5.32 Å². The first-order chi connectivity index (χ1) is 11.8. The van der Waals surface area contributed by atoms with Gasteiger partial charge in [-0.1, -0.05) is 28.1 Å². The van der Waals surface area contributed by atoms with E-state index in [0.29, 0.717) is 0 Å². The number of esters is 1. The van der Waals surface area contributed by atoms with Crippen LogP contribution in [0, 0.1) is 0 Å². The Hall–Kier alpha value is -2.35. The number of ether oxygens (including phenoxy) is 1. The summed E-state index contributed by atoms with van der Waals surface area (Å²) in [5.74, 6) is -1.31. The standard InChI is InChI=1S/C17H13BrF3NO3/c18-14-7-1-11(2-8-14)10-25-15(23)9-22-16(24)12-3-5-13(6-4-12)17(19,20)21/h1-8H,9-10H2,(H,22,24). The van der Waals surface area contributed by atoms with Crippen LogP contribution in [0.15, 0.2) is 53.0 Å². The Kier molecular flexibility index (Phi) is 6.19. The summed E-state index contributed by atoms with van der Waals surface area (Å²) in [4.78, 5) is 23.4. The van der Waals surface area contributed by atoms with Crippen LogP contribution in [0.2, 0.25) is 0 Å². The van der Waals surface area contributed by atoms with Crippen LogP contribution in [0.25, 0.3) is 0 Å². The molecule has 2 aromatic carbocycles. The highest BCUT2D eigenvalue weighted by atomic mass is 79.9. The van der Waals surface area contributed by atoms with E-state index in [0.717, 1.165) is 34.3 Å². The van der Waals surface area contributed by atoms with Crippen LogP contribution in [0.1, 0.15) is 21.5 Å². The number of halogens is 4. The average Bonchev–Trinajstić information content (AvgIpc) is 2.58. The molecule has 132 valence electrons. The van der Waals surface area contributed by atoms with Crippen molar-refractivity contribution in [1.29, 1.82) is 0 Å². The maximum atomic E-state index is 12.5. The molecule has 0 aliphatic rings. The van der Waals surface area contributed by atoms with Crippen molar-refractivity contribution >= 4 is 27.8 Å². The number of alkyl halides is 3. The highest BCUT2D eigenvalue weighted by Gasteiger charge is 2.30. The molecule has 4 nitrogen and oxygen atoms in total. The second-order valence-corrected chi connectivity index (χ2v) is 5.96. The molecular weight excluding hydrogens is 403 g/mol. The number of hydrogen-bond acceptors (Lipinski definition) is 3. The maximum absolute atomic E-state index is 12.5. The summed E-state index contributed by atoms with van der Waals surface area (Å²) < 4.78 is 43.3. The topological polar surface area (TPSA) is 55.4 Å². The summed E-state index contributed by atoms with van der Waals surface area (Å²) in [6.45, 7) is -0.321. The Morgan fingerprint density at radius 3 is 2.16 bits per heavy atom. The van der Waals surface area contributed by atoms with E-state index < -0.39 is 23.6 Å². The molecule has 0 heterocycles. The van der Waals surface area contributed by atoms with E-state index in [-0.39, 0.29) is 18.7 Å². The molecule has 0 saturated heterocycles. The normalized spacial score (nSPS) is 11.0. The molecule has 0 aromatic heterocycles. The van der Waals surface area contributed by atoms with Crippen LogP contribution >= 0.6 is 15.9 Å². The number of carbonyl (C=O) groups excluding carboxylic acids is 2. The van der Waals surface area contributed by atoms with Crippen LogP contribution in [-0.2, 0) is 22.3 Å². The highest BCUT2D eigenvalue weighted by molar-refractivity contribution is 9.10. The molecule has 0 atom stereocenters. The van der Waals surface area contributed by atoms with Gasteiger partial charge >= 0.3 is 12.1 Å². The quantitative estimate of drug-likeness (QED) is 0.752. The van der Waals surface area contributed by atoms with Crippen molar-refractivity contribution in [2.45, 2.75) is 12.8 Å². The van der Waals surface area contributed by atoms with Crippen molar-refractivity contribution in [3.8, 4) is 0 Å². The lowest BCUT2D eigenvalue weighted by Gasteiger charge is -2.09. The van der Waals surface area contributed by atoms with E-state index in [1.807, 2.05) is 0 Å². The molecule has 0 aliphatic carbocycles. The monoisotopic (exact) mass is 415 g/mol. The summed E-state index contributed by atoms with van der Waals surface area (Å²) in [5, 5.41) is 2.30. The molecule has 25 heavy (non-hydrogen) atoms. The molecular formula is C17H13BrF3NO3. The predicted octanol–water partition coefficient (Wildman–Crippen LogP) is 3.94. The van der Waals surface area contributed by atoms with Gasteiger partial charge < -0.3 is 10.1 Å². The summed E-state index contributed by atoms with van der Waals surface area (Å²) in [7, 11) is 0. The zero-order valence-corrected chi connectivity index (χ0v) is 14.4. The van der Waals surface area contributed by atoms with Crippen LogP contribution in [0.5, 0.6) is 0 Å². The van der Waals surface area contributed by atoms with Gasteiger partial charge in [0.05, 0.1) is 5.56 Å². The van der Waals surface area contributed by atoms with Crippen molar-refractivity contribution in [2.24, 2.45) is 0 Å². The van der Waals surface area contributed by atoms with Gasteiger partial charge in [-0.25, -0.2) is 0 Å². The molecule has 2 aromatic rings. The van der Waals surface area contributed by atoms with Crippen molar-refractivity contribution in [1.82, 2.24) is 5.32 Å². The van der Waals surface area contributed by atoms with Gasteiger partial charge in [-0.3, -0.25) is 9.59 Å². The lowest BCUT2D eigenvalue weighted by atomic mass is 10.1. The summed E-state index contributed by atoms with van der Waals surface area (Å²) in [5.41, 5.74) is -0.0442. The highest BCUT2D eigenvalue weighted by Crippen LogP contribution is 2.29. The second kappa shape index (κ2) is 8.15. The molecule has 0 spiro atoms. The molecule has 2 rings (SSSR count). The number of hydrogen-bond donors (Lipinski definition) is 1. The minimum absolute atomic E-state index is 0.0220. The number of nitrogens with one attached hydrogen (secondary N) is 1. The first-order valence-corrected chi connectivity index (χ1v) is 7.90. The second-order valence-electron chi connectivity index (χ2n) is 5.04. The molecule has 0 radical (unpaired) electrons. The Morgan fingerprint density at radius 1 is 1.00 bits per heavy atom. The van der Waals surface area contributed by atoms with E-state index in [2.05, 4.69) is 21.2 Å². The Labute approximate surface area is 150 Å². The molecule has 0 fully saturated rings. The van der Waals surface area contributed by atoms with Crippen LogP contribution in [-0.4, -0.2) is 18.4 Å². The summed E-state index contributed by atoms with van der Waals surface area (Å²) >= 11 is 3.29. The van der Waals surface area contributed by atoms with Gasteiger partial charge in [-0.05, 0) is 42.0 Å². The first-order valence-electron chi connectivity index (χ1n) is 7.11. The van der Waals surface area contributed by atoms with Crippen molar-refractivity contribution in [3.05, 3.63) is 69.7 Å². The van der Waals surface area contributed by atoms with Gasteiger partial charge in [0.2, 0.25) is 0 Å². The lowest BCUT2D eigenvalue weighted by molar-refractivity contribution is -0.143. The van der Waals surface area contributed by atoms with E-state index in [9.17, 15) is 22.8 Å². The van der Waals surface area contributed by atoms with Gasteiger partial charge in [-0.15, -0.1) is 0 Å². The average molecular weight is 416 g/mol. The molecule has 8 heteroatoms. The number of rotatable bonds is 5.